The van der Waals surface area contributed by atoms with Crippen molar-refractivity contribution in [3.63, 3.8) is 0 Å². The van der Waals surface area contributed by atoms with Gasteiger partial charge in [-0.15, -0.1) is 11.3 Å². The molecule has 0 aromatic carbocycles. The van der Waals surface area contributed by atoms with Gasteiger partial charge in [0, 0.05) is 37.0 Å². The number of amides is 1. The quantitative estimate of drug-likeness (QED) is 0.748. The van der Waals surface area contributed by atoms with E-state index >= 15 is 0 Å². The number of carbonyl (C=O) groups is 1. The van der Waals surface area contributed by atoms with Gasteiger partial charge in [-0.3, -0.25) is 4.79 Å². The van der Waals surface area contributed by atoms with Gasteiger partial charge in [-0.1, -0.05) is 19.0 Å². The fourth-order valence-corrected chi connectivity index (χ4v) is 5.81. The fourth-order valence-electron chi connectivity index (χ4n) is 2.98. The molecule has 1 aliphatic heterocycles. The van der Waals surface area contributed by atoms with E-state index in [1.165, 1.54) is 4.31 Å². The molecule has 10 heteroatoms. The minimum absolute atomic E-state index is 0.0671. The highest BCUT2D eigenvalue weighted by Gasteiger charge is 2.34. The summed E-state index contributed by atoms with van der Waals surface area (Å²) in [4.78, 5) is 16.5. The van der Waals surface area contributed by atoms with Crippen molar-refractivity contribution in [3.05, 3.63) is 17.3 Å². The minimum Gasteiger partial charge on any atom is -0.356 e. The molecule has 0 saturated carbocycles. The second kappa shape index (κ2) is 8.49. The van der Waals surface area contributed by atoms with E-state index in [0.29, 0.717) is 49.6 Å². The molecule has 1 fully saturated rings. The Morgan fingerprint density at radius 3 is 2.96 bits per heavy atom. The van der Waals surface area contributed by atoms with Crippen LogP contribution < -0.4 is 5.32 Å². The van der Waals surface area contributed by atoms with Gasteiger partial charge >= 0.3 is 0 Å². The highest BCUT2D eigenvalue weighted by molar-refractivity contribution is 7.91. The Labute approximate surface area is 163 Å². The van der Waals surface area contributed by atoms with Gasteiger partial charge in [0.15, 0.2) is 0 Å². The monoisotopic (exact) mass is 412 g/mol. The Hall–Kier alpha value is -1.78. The summed E-state index contributed by atoms with van der Waals surface area (Å²) >= 11 is 1.13. The Kier molecular flexibility index (Phi) is 6.28. The van der Waals surface area contributed by atoms with Gasteiger partial charge in [0.25, 0.3) is 10.0 Å². The van der Waals surface area contributed by atoms with E-state index in [0.717, 1.165) is 17.8 Å². The molecule has 0 spiro atoms. The molecular formula is C17H24N4O4S2. The summed E-state index contributed by atoms with van der Waals surface area (Å²) in [5.41, 5.74) is 0.622. The van der Waals surface area contributed by atoms with Crippen molar-refractivity contribution in [1.29, 1.82) is 0 Å². The van der Waals surface area contributed by atoms with Gasteiger partial charge in [0.2, 0.25) is 17.6 Å². The molecule has 0 bridgehead atoms. The number of aromatic nitrogens is 2. The zero-order chi connectivity index (χ0) is 19.4. The molecule has 27 heavy (non-hydrogen) atoms. The van der Waals surface area contributed by atoms with Crippen LogP contribution >= 0.6 is 11.3 Å². The lowest BCUT2D eigenvalue weighted by atomic mass is 9.99. The maximum Gasteiger partial charge on any atom is 0.252 e. The summed E-state index contributed by atoms with van der Waals surface area (Å²) in [6.07, 6.45) is 2.86. The van der Waals surface area contributed by atoms with Crippen molar-refractivity contribution in [3.8, 4) is 11.4 Å². The summed E-state index contributed by atoms with van der Waals surface area (Å²) in [6, 6.07) is 1.57. The number of hydrogen-bond donors (Lipinski definition) is 1. The van der Waals surface area contributed by atoms with Crippen LogP contribution in [0.5, 0.6) is 0 Å². The van der Waals surface area contributed by atoms with Crippen LogP contribution in [0.1, 0.15) is 39.0 Å². The molecule has 3 rings (SSSR count). The Balaban J connectivity index is 1.75. The van der Waals surface area contributed by atoms with E-state index in [-0.39, 0.29) is 22.6 Å². The third kappa shape index (κ3) is 4.39. The molecule has 0 radical (unpaired) electrons. The molecule has 2 aromatic heterocycles. The zero-order valence-corrected chi connectivity index (χ0v) is 17.1. The number of rotatable bonds is 7. The summed E-state index contributed by atoms with van der Waals surface area (Å²) in [5.74, 6) is 0.531. The summed E-state index contributed by atoms with van der Waals surface area (Å²) in [5, 5.41) is 8.47. The average molecular weight is 413 g/mol. The Bertz CT molecular complexity index is 890. The second-order valence-corrected chi connectivity index (χ2v) is 9.59. The first kappa shape index (κ1) is 20.0. The van der Waals surface area contributed by atoms with Crippen molar-refractivity contribution in [1.82, 2.24) is 19.8 Å². The van der Waals surface area contributed by atoms with Crippen LogP contribution in [0.15, 0.2) is 20.2 Å². The van der Waals surface area contributed by atoms with E-state index in [2.05, 4.69) is 15.5 Å². The predicted octanol–water partition coefficient (Wildman–Crippen LogP) is 2.29. The number of sulfonamides is 1. The maximum atomic E-state index is 13.0. The lowest BCUT2D eigenvalue weighted by Gasteiger charge is -2.30. The number of nitrogens with zero attached hydrogens (tertiary/aromatic N) is 3. The zero-order valence-electron chi connectivity index (χ0n) is 15.5. The number of nitrogens with one attached hydrogen (secondary N) is 1. The van der Waals surface area contributed by atoms with Crippen molar-refractivity contribution >= 4 is 27.3 Å². The molecule has 1 atom stereocenters. The molecule has 0 aliphatic carbocycles. The third-order valence-electron chi connectivity index (χ3n) is 4.50. The standard InChI is InChI=1S/C17H24N4O4S2/c1-3-7-18-17(22)12-6-5-8-21(10-12)27(23,24)15-9-13(11-26-15)16-19-14(4-2)25-20-16/h9,11-12H,3-8,10H2,1-2H3,(H,18,22)/t12-/m1/s1. The highest BCUT2D eigenvalue weighted by atomic mass is 32.2. The largest absolute Gasteiger partial charge is 0.356 e. The highest BCUT2D eigenvalue weighted by Crippen LogP contribution is 2.31. The number of thiophene rings is 1. The summed E-state index contributed by atoms with van der Waals surface area (Å²) in [7, 11) is -3.65. The van der Waals surface area contributed by atoms with Crippen LogP contribution in [0.2, 0.25) is 0 Å². The molecule has 3 heterocycles. The molecular weight excluding hydrogens is 388 g/mol. The van der Waals surface area contributed by atoms with Gasteiger partial charge in [0.05, 0.1) is 5.92 Å². The van der Waals surface area contributed by atoms with Crippen molar-refractivity contribution in [2.45, 2.75) is 43.7 Å². The summed E-state index contributed by atoms with van der Waals surface area (Å²) < 4.78 is 32.8. The van der Waals surface area contributed by atoms with Crippen LogP contribution in [0, 0.1) is 5.92 Å². The van der Waals surface area contributed by atoms with Crippen molar-refractivity contribution in [2.24, 2.45) is 5.92 Å². The number of piperidine rings is 1. The van der Waals surface area contributed by atoms with E-state index in [4.69, 9.17) is 4.52 Å². The predicted molar refractivity (Wildman–Crippen MR) is 102 cm³/mol. The van der Waals surface area contributed by atoms with E-state index in [1.807, 2.05) is 13.8 Å². The van der Waals surface area contributed by atoms with Gasteiger partial charge < -0.3 is 9.84 Å². The minimum atomic E-state index is -3.65. The normalized spacial score (nSPS) is 18.5. The van der Waals surface area contributed by atoms with Crippen LogP contribution in [-0.2, 0) is 21.2 Å². The van der Waals surface area contributed by atoms with Crippen LogP contribution in [-0.4, -0.2) is 48.4 Å². The first-order valence-electron chi connectivity index (χ1n) is 9.15. The van der Waals surface area contributed by atoms with E-state index in [1.54, 1.807) is 11.4 Å². The smallest absolute Gasteiger partial charge is 0.252 e. The van der Waals surface area contributed by atoms with E-state index in [9.17, 15) is 13.2 Å². The molecule has 2 aromatic rings. The second-order valence-electron chi connectivity index (χ2n) is 6.51. The average Bonchev–Trinajstić information content (AvgIpc) is 3.35. The molecule has 0 unspecified atom stereocenters. The van der Waals surface area contributed by atoms with Crippen LogP contribution in [0.4, 0.5) is 0 Å². The van der Waals surface area contributed by atoms with Gasteiger partial charge in [-0.05, 0) is 25.3 Å². The van der Waals surface area contributed by atoms with E-state index < -0.39 is 10.0 Å². The maximum absolute atomic E-state index is 13.0. The van der Waals surface area contributed by atoms with Gasteiger partial charge in [0.1, 0.15) is 4.21 Å². The first-order chi connectivity index (χ1) is 13.0. The molecule has 8 nitrogen and oxygen atoms in total. The lowest BCUT2D eigenvalue weighted by Crippen LogP contribution is -2.45. The molecule has 1 saturated heterocycles. The molecule has 148 valence electrons. The molecule has 1 N–H and O–H groups in total. The fraction of sp³-hybridized carbons (Fsp3) is 0.588. The summed E-state index contributed by atoms with van der Waals surface area (Å²) in [6.45, 7) is 5.15. The van der Waals surface area contributed by atoms with Crippen molar-refractivity contribution < 1.29 is 17.7 Å². The van der Waals surface area contributed by atoms with Crippen molar-refractivity contribution in [2.75, 3.05) is 19.6 Å². The first-order valence-corrected chi connectivity index (χ1v) is 11.5. The molecule has 1 aliphatic rings. The van der Waals surface area contributed by atoms with Gasteiger partial charge in [-0.2, -0.15) is 9.29 Å². The van der Waals surface area contributed by atoms with Gasteiger partial charge in [-0.25, -0.2) is 8.42 Å². The van der Waals surface area contributed by atoms with Crippen LogP contribution in [0.25, 0.3) is 11.4 Å². The lowest BCUT2D eigenvalue weighted by molar-refractivity contribution is -0.126. The van der Waals surface area contributed by atoms with Crippen LogP contribution in [0.3, 0.4) is 0 Å². The number of aryl methyl sites for hydroxylation is 1. The molecule has 1 amide bonds. The SMILES string of the molecule is CCCNC(=O)[C@@H]1CCCN(S(=O)(=O)c2cc(-c3noc(CC)n3)cs2)C1. The number of hydrogen-bond acceptors (Lipinski definition) is 7. The number of carbonyl (C=O) groups excluding carboxylic acids is 1. The third-order valence-corrected chi connectivity index (χ3v) is 7.78. The topological polar surface area (TPSA) is 105 Å². The Morgan fingerprint density at radius 1 is 1.44 bits per heavy atom. The Morgan fingerprint density at radius 2 is 2.26 bits per heavy atom.